The van der Waals surface area contributed by atoms with Gasteiger partial charge in [0.1, 0.15) is 0 Å². The lowest BCUT2D eigenvalue weighted by atomic mass is 10.3. The van der Waals surface area contributed by atoms with Gasteiger partial charge in [0, 0.05) is 15.5 Å². The van der Waals surface area contributed by atoms with E-state index >= 15 is 0 Å². The lowest BCUT2D eigenvalue weighted by Crippen LogP contribution is -2.05. The number of hydrogen-bond donors (Lipinski definition) is 1. The first-order valence-corrected chi connectivity index (χ1v) is 8.22. The molecule has 0 aliphatic heterocycles. The van der Waals surface area contributed by atoms with Gasteiger partial charge in [-0.3, -0.25) is 4.40 Å². The van der Waals surface area contributed by atoms with Gasteiger partial charge in [-0.15, -0.1) is 11.3 Å². The van der Waals surface area contributed by atoms with Gasteiger partial charge >= 0.3 is 0 Å². The normalized spacial score (nSPS) is 11.2. The molecule has 2 aromatic heterocycles. The van der Waals surface area contributed by atoms with Gasteiger partial charge in [0.05, 0.1) is 28.6 Å². The lowest BCUT2D eigenvalue weighted by Gasteiger charge is -2.09. The molecule has 0 fully saturated rings. The summed E-state index contributed by atoms with van der Waals surface area (Å²) >= 11 is 11.3. The molecular formula is C14H13BrClN3S. The van der Waals surface area contributed by atoms with Crippen LogP contribution in [-0.4, -0.2) is 9.38 Å². The van der Waals surface area contributed by atoms with E-state index in [0.717, 1.165) is 20.8 Å². The number of thiazole rings is 1. The zero-order valence-electron chi connectivity index (χ0n) is 11.1. The van der Waals surface area contributed by atoms with Crippen molar-refractivity contribution in [3.63, 3.8) is 0 Å². The molecule has 0 unspecified atom stereocenters. The van der Waals surface area contributed by atoms with Crippen molar-refractivity contribution in [2.75, 3.05) is 5.32 Å². The Morgan fingerprint density at radius 1 is 1.40 bits per heavy atom. The number of hydrogen-bond acceptors (Lipinski definition) is 3. The largest absolute Gasteiger partial charge is 0.378 e. The molecule has 0 bridgehead atoms. The Morgan fingerprint density at radius 3 is 2.95 bits per heavy atom. The molecule has 104 valence electrons. The van der Waals surface area contributed by atoms with Crippen molar-refractivity contribution < 1.29 is 0 Å². The van der Waals surface area contributed by atoms with Gasteiger partial charge in [0.25, 0.3) is 0 Å². The van der Waals surface area contributed by atoms with Gasteiger partial charge in [-0.1, -0.05) is 27.5 Å². The SMILES string of the molecule is Cc1nc2scc(C)n2c1CNc1ccc(Br)cc1Cl. The highest BCUT2D eigenvalue weighted by Crippen LogP contribution is 2.27. The third-order valence-electron chi connectivity index (χ3n) is 3.21. The summed E-state index contributed by atoms with van der Waals surface area (Å²) in [6.07, 6.45) is 0. The van der Waals surface area contributed by atoms with Crippen LogP contribution >= 0.6 is 38.9 Å². The monoisotopic (exact) mass is 369 g/mol. The standard InChI is InChI=1S/C14H13BrClN3S/c1-8-7-20-14-18-9(2)13(19(8)14)6-17-12-4-3-10(15)5-11(12)16/h3-5,7,17H,6H2,1-2H3. The second kappa shape index (κ2) is 5.39. The van der Waals surface area contributed by atoms with Crippen molar-refractivity contribution in [3.8, 4) is 0 Å². The first kappa shape index (κ1) is 13.9. The van der Waals surface area contributed by atoms with Crippen molar-refractivity contribution >= 4 is 49.5 Å². The number of nitrogens with one attached hydrogen (secondary N) is 1. The van der Waals surface area contributed by atoms with Gasteiger partial charge in [0.2, 0.25) is 0 Å². The second-order valence-corrected chi connectivity index (χ2v) is 6.78. The fourth-order valence-electron chi connectivity index (χ4n) is 2.19. The zero-order chi connectivity index (χ0) is 14.3. The molecule has 0 atom stereocenters. The van der Waals surface area contributed by atoms with E-state index in [4.69, 9.17) is 11.6 Å². The van der Waals surface area contributed by atoms with Gasteiger partial charge in [-0.25, -0.2) is 4.98 Å². The summed E-state index contributed by atoms with van der Waals surface area (Å²) in [4.78, 5) is 5.62. The van der Waals surface area contributed by atoms with Crippen LogP contribution in [0, 0.1) is 13.8 Å². The summed E-state index contributed by atoms with van der Waals surface area (Å²) < 4.78 is 3.17. The second-order valence-electron chi connectivity index (χ2n) is 4.62. The molecule has 0 saturated carbocycles. The highest BCUT2D eigenvalue weighted by atomic mass is 79.9. The molecule has 0 amide bonds. The lowest BCUT2D eigenvalue weighted by molar-refractivity contribution is 0.966. The molecule has 0 saturated heterocycles. The number of aryl methyl sites for hydroxylation is 2. The maximum atomic E-state index is 6.22. The quantitative estimate of drug-likeness (QED) is 0.700. The van der Waals surface area contributed by atoms with Crippen LogP contribution in [0.3, 0.4) is 0 Å². The molecule has 0 spiro atoms. The van der Waals surface area contributed by atoms with E-state index in [9.17, 15) is 0 Å². The predicted octanol–water partition coefficient (Wildman–Crippen LogP) is 5.04. The van der Waals surface area contributed by atoms with Gasteiger partial charge < -0.3 is 5.32 Å². The number of fused-ring (bicyclic) bond motifs is 1. The number of aromatic nitrogens is 2. The number of nitrogens with zero attached hydrogens (tertiary/aromatic N) is 2. The Morgan fingerprint density at radius 2 is 2.20 bits per heavy atom. The van der Waals surface area contributed by atoms with E-state index in [2.05, 4.69) is 42.9 Å². The summed E-state index contributed by atoms with van der Waals surface area (Å²) in [7, 11) is 0. The minimum Gasteiger partial charge on any atom is -0.378 e. The van der Waals surface area contributed by atoms with Crippen molar-refractivity contribution in [1.29, 1.82) is 0 Å². The summed E-state index contributed by atoms with van der Waals surface area (Å²) in [6.45, 7) is 4.84. The van der Waals surface area contributed by atoms with Crippen LogP contribution in [0.25, 0.3) is 4.96 Å². The molecule has 6 heteroatoms. The van der Waals surface area contributed by atoms with Crippen LogP contribution in [0.15, 0.2) is 28.1 Å². The molecule has 1 aromatic carbocycles. The average molecular weight is 371 g/mol. The van der Waals surface area contributed by atoms with Crippen LogP contribution in [0.4, 0.5) is 5.69 Å². The Bertz CT molecular complexity index is 778. The smallest absolute Gasteiger partial charge is 0.194 e. The number of anilines is 1. The summed E-state index contributed by atoms with van der Waals surface area (Å²) in [6, 6.07) is 5.84. The molecule has 1 N–H and O–H groups in total. The summed E-state index contributed by atoms with van der Waals surface area (Å²) in [5.74, 6) is 0. The van der Waals surface area contributed by atoms with Crippen molar-refractivity contribution in [2.24, 2.45) is 0 Å². The van der Waals surface area contributed by atoms with E-state index in [0.29, 0.717) is 11.6 Å². The van der Waals surface area contributed by atoms with E-state index < -0.39 is 0 Å². The fourth-order valence-corrected chi connectivity index (χ4v) is 3.86. The molecule has 20 heavy (non-hydrogen) atoms. The molecular weight excluding hydrogens is 358 g/mol. The van der Waals surface area contributed by atoms with E-state index in [1.165, 1.54) is 11.4 Å². The minimum atomic E-state index is 0.700. The van der Waals surface area contributed by atoms with Crippen molar-refractivity contribution in [2.45, 2.75) is 20.4 Å². The number of benzene rings is 1. The third kappa shape index (κ3) is 2.45. The minimum absolute atomic E-state index is 0.700. The summed E-state index contributed by atoms with van der Waals surface area (Å²) in [5.41, 5.74) is 4.37. The van der Waals surface area contributed by atoms with Crippen LogP contribution in [0.1, 0.15) is 17.1 Å². The molecule has 0 radical (unpaired) electrons. The molecule has 3 nitrogen and oxygen atoms in total. The molecule has 2 heterocycles. The molecule has 3 rings (SSSR count). The summed E-state index contributed by atoms with van der Waals surface area (Å²) in [5, 5.41) is 6.21. The topological polar surface area (TPSA) is 29.3 Å². The van der Waals surface area contributed by atoms with Crippen molar-refractivity contribution in [3.05, 3.63) is 50.2 Å². The van der Waals surface area contributed by atoms with Gasteiger partial charge in [0.15, 0.2) is 4.96 Å². The maximum absolute atomic E-state index is 6.22. The Labute approximate surface area is 134 Å². The Hall–Kier alpha value is -1.04. The van der Waals surface area contributed by atoms with Crippen LogP contribution < -0.4 is 5.32 Å². The predicted molar refractivity (Wildman–Crippen MR) is 89.0 cm³/mol. The number of imidazole rings is 1. The van der Waals surface area contributed by atoms with E-state index in [1.807, 2.05) is 25.1 Å². The highest BCUT2D eigenvalue weighted by Gasteiger charge is 2.12. The van der Waals surface area contributed by atoms with Crippen LogP contribution in [0.2, 0.25) is 5.02 Å². The molecule has 3 aromatic rings. The van der Waals surface area contributed by atoms with E-state index in [-0.39, 0.29) is 0 Å². The van der Waals surface area contributed by atoms with Gasteiger partial charge in [-0.2, -0.15) is 0 Å². The first-order chi connectivity index (χ1) is 9.56. The Kier molecular flexibility index (Phi) is 3.75. The first-order valence-electron chi connectivity index (χ1n) is 6.17. The van der Waals surface area contributed by atoms with Crippen molar-refractivity contribution in [1.82, 2.24) is 9.38 Å². The zero-order valence-corrected chi connectivity index (χ0v) is 14.2. The fraction of sp³-hybridized carbons (Fsp3) is 0.214. The van der Waals surface area contributed by atoms with Gasteiger partial charge in [-0.05, 0) is 32.0 Å². The average Bonchev–Trinajstić information content (AvgIpc) is 2.89. The Balaban J connectivity index is 1.90. The van der Waals surface area contributed by atoms with Crippen LogP contribution in [0.5, 0.6) is 0 Å². The maximum Gasteiger partial charge on any atom is 0.194 e. The molecule has 0 aliphatic carbocycles. The highest BCUT2D eigenvalue weighted by molar-refractivity contribution is 9.10. The number of halogens is 2. The number of rotatable bonds is 3. The molecule has 0 aliphatic rings. The van der Waals surface area contributed by atoms with E-state index in [1.54, 1.807) is 11.3 Å². The van der Waals surface area contributed by atoms with Crippen LogP contribution in [-0.2, 0) is 6.54 Å². The third-order valence-corrected chi connectivity index (χ3v) is 4.96.